The minimum atomic E-state index is 0.902. The van der Waals surface area contributed by atoms with Gasteiger partial charge in [0.25, 0.3) is 0 Å². The summed E-state index contributed by atoms with van der Waals surface area (Å²) in [5, 5.41) is 17.4. The second-order valence-electron chi connectivity index (χ2n) is 13.2. The van der Waals surface area contributed by atoms with Crippen LogP contribution in [0, 0.1) is 0 Å². The molecule has 49 heavy (non-hydrogen) atoms. The molecular formula is C48H28O. The van der Waals surface area contributed by atoms with Crippen LogP contribution in [0.3, 0.4) is 0 Å². The molecule has 0 aliphatic carbocycles. The highest BCUT2D eigenvalue weighted by Crippen LogP contribution is 2.44. The Kier molecular flexibility index (Phi) is 5.45. The Labute approximate surface area is 282 Å². The second kappa shape index (κ2) is 10.0. The molecule has 0 bridgehead atoms. The molecule has 1 heteroatoms. The van der Waals surface area contributed by atoms with Crippen LogP contribution in [0.2, 0.25) is 0 Å². The fourth-order valence-corrected chi connectivity index (χ4v) is 8.35. The zero-order chi connectivity index (χ0) is 32.1. The van der Waals surface area contributed by atoms with Crippen LogP contribution in [0.1, 0.15) is 0 Å². The molecule has 1 aromatic heterocycles. The molecule has 1 heterocycles. The molecule has 0 atom stereocenters. The second-order valence-corrected chi connectivity index (χ2v) is 13.2. The van der Waals surface area contributed by atoms with E-state index >= 15 is 0 Å². The van der Waals surface area contributed by atoms with Crippen molar-refractivity contribution in [2.75, 3.05) is 0 Å². The van der Waals surface area contributed by atoms with Crippen molar-refractivity contribution in [2.24, 2.45) is 0 Å². The number of rotatable bonds is 2. The normalized spacial score (nSPS) is 12.1. The van der Waals surface area contributed by atoms with Crippen LogP contribution in [0.4, 0.5) is 0 Å². The molecular weight excluding hydrogens is 593 g/mol. The molecule has 0 saturated heterocycles. The first-order valence-electron chi connectivity index (χ1n) is 16.9. The lowest BCUT2D eigenvalue weighted by Crippen LogP contribution is -1.87. The number of furan rings is 1. The molecule has 11 aromatic rings. The first-order chi connectivity index (χ1) is 24.3. The van der Waals surface area contributed by atoms with Gasteiger partial charge in [0.2, 0.25) is 0 Å². The van der Waals surface area contributed by atoms with E-state index in [-0.39, 0.29) is 0 Å². The summed E-state index contributed by atoms with van der Waals surface area (Å²) in [5.41, 5.74) is 6.72. The quantitative estimate of drug-likeness (QED) is 0.138. The van der Waals surface area contributed by atoms with E-state index in [9.17, 15) is 0 Å². The zero-order valence-electron chi connectivity index (χ0n) is 26.6. The molecule has 0 amide bonds. The topological polar surface area (TPSA) is 13.1 Å². The lowest BCUT2D eigenvalue weighted by Gasteiger charge is -2.14. The van der Waals surface area contributed by atoms with Crippen LogP contribution >= 0.6 is 0 Å². The zero-order valence-corrected chi connectivity index (χ0v) is 26.6. The van der Waals surface area contributed by atoms with Crippen molar-refractivity contribution >= 4 is 86.6 Å². The van der Waals surface area contributed by atoms with Crippen LogP contribution in [-0.2, 0) is 0 Å². The van der Waals surface area contributed by atoms with Crippen molar-refractivity contribution in [3.05, 3.63) is 170 Å². The average molecular weight is 621 g/mol. The number of hydrogen-bond acceptors (Lipinski definition) is 1. The van der Waals surface area contributed by atoms with Crippen LogP contribution < -0.4 is 0 Å². The maximum absolute atomic E-state index is 6.50. The minimum absolute atomic E-state index is 0.902. The Hall–Kier alpha value is -6.44. The van der Waals surface area contributed by atoms with Crippen molar-refractivity contribution in [1.82, 2.24) is 0 Å². The predicted molar refractivity (Wildman–Crippen MR) is 210 cm³/mol. The van der Waals surface area contributed by atoms with E-state index in [1.165, 1.54) is 86.9 Å². The molecule has 11 rings (SSSR count). The van der Waals surface area contributed by atoms with Crippen molar-refractivity contribution in [3.63, 3.8) is 0 Å². The van der Waals surface area contributed by atoms with Gasteiger partial charge in [-0.3, -0.25) is 0 Å². The standard InChI is InChI=1S/C48H28O/c1-5-13-35-29(9-1)17-21-39-41(35)25-31-11-3-7-15-37(31)47(39)33-19-23-45-43(27-33)44-28-34(20-24-46(44)49-45)48-38-16-8-4-12-32(38)26-42-36-14-6-2-10-30(36)18-22-40(42)48/h1-28H. The number of benzene rings is 10. The van der Waals surface area contributed by atoms with Crippen molar-refractivity contribution in [1.29, 1.82) is 0 Å². The Morgan fingerprint density at radius 3 is 1.12 bits per heavy atom. The summed E-state index contributed by atoms with van der Waals surface area (Å²) in [6.07, 6.45) is 0. The third kappa shape index (κ3) is 3.87. The highest BCUT2D eigenvalue weighted by Gasteiger charge is 2.17. The first-order valence-corrected chi connectivity index (χ1v) is 16.9. The molecule has 0 radical (unpaired) electrons. The molecule has 0 N–H and O–H groups in total. The maximum Gasteiger partial charge on any atom is 0.135 e. The number of fused-ring (bicyclic) bond motifs is 11. The van der Waals surface area contributed by atoms with Gasteiger partial charge >= 0.3 is 0 Å². The van der Waals surface area contributed by atoms with E-state index < -0.39 is 0 Å². The van der Waals surface area contributed by atoms with Crippen LogP contribution in [0.5, 0.6) is 0 Å². The molecule has 0 saturated carbocycles. The lowest BCUT2D eigenvalue weighted by atomic mass is 9.88. The van der Waals surface area contributed by atoms with E-state index in [2.05, 4.69) is 170 Å². The summed E-state index contributed by atoms with van der Waals surface area (Å²) in [5.74, 6) is 0. The van der Waals surface area contributed by atoms with Gasteiger partial charge in [0.1, 0.15) is 11.2 Å². The van der Waals surface area contributed by atoms with Gasteiger partial charge in [-0.15, -0.1) is 0 Å². The van der Waals surface area contributed by atoms with Gasteiger partial charge in [-0.25, -0.2) is 0 Å². The van der Waals surface area contributed by atoms with Crippen LogP contribution in [0.15, 0.2) is 174 Å². The molecule has 226 valence electrons. The van der Waals surface area contributed by atoms with Gasteiger partial charge in [0.15, 0.2) is 0 Å². The number of hydrogen-bond donors (Lipinski definition) is 0. The molecule has 0 spiro atoms. The average Bonchev–Trinajstić information content (AvgIpc) is 3.53. The Morgan fingerprint density at radius 2 is 0.653 bits per heavy atom. The minimum Gasteiger partial charge on any atom is -0.456 e. The summed E-state index contributed by atoms with van der Waals surface area (Å²) < 4.78 is 6.50. The first kappa shape index (κ1) is 26.6. The molecule has 0 aliphatic rings. The maximum atomic E-state index is 6.50. The fraction of sp³-hybridized carbons (Fsp3) is 0. The molecule has 0 aliphatic heterocycles. The van der Waals surface area contributed by atoms with Crippen molar-refractivity contribution in [2.45, 2.75) is 0 Å². The Bertz CT molecular complexity index is 2950. The van der Waals surface area contributed by atoms with Gasteiger partial charge in [0.05, 0.1) is 0 Å². The van der Waals surface area contributed by atoms with Gasteiger partial charge in [-0.2, -0.15) is 0 Å². The van der Waals surface area contributed by atoms with E-state index in [1.807, 2.05) is 0 Å². The highest BCUT2D eigenvalue weighted by molar-refractivity contribution is 6.23. The van der Waals surface area contributed by atoms with Gasteiger partial charge in [-0.1, -0.05) is 133 Å². The molecule has 0 unspecified atom stereocenters. The van der Waals surface area contributed by atoms with Crippen molar-refractivity contribution < 1.29 is 4.42 Å². The highest BCUT2D eigenvalue weighted by atomic mass is 16.3. The fourth-order valence-electron chi connectivity index (χ4n) is 8.35. The Morgan fingerprint density at radius 1 is 0.245 bits per heavy atom. The molecule has 10 aromatic carbocycles. The van der Waals surface area contributed by atoms with Crippen LogP contribution in [-0.4, -0.2) is 0 Å². The molecule has 1 nitrogen and oxygen atoms in total. The SMILES string of the molecule is c1ccc2c(-c3ccc4oc5ccc(-c6c7ccccc7cc7c6ccc6ccccc67)cc5c4c3)c3ccc4ccccc4c3cc2c1. The summed E-state index contributed by atoms with van der Waals surface area (Å²) in [4.78, 5) is 0. The third-order valence-corrected chi connectivity index (χ3v) is 10.6. The lowest BCUT2D eigenvalue weighted by molar-refractivity contribution is 0.669. The summed E-state index contributed by atoms with van der Waals surface area (Å²) in [6, 6.07) is 62.2. The Balaban J connectivity index is 1.19. The van der Waals surface area contributed by atoms with Gasteiger partial charge in [-0.05, 0) is 123 Å². The van der Waals surface area contributed by atoms with Gasteiger partial charge < -0.3 is 4.42 Å². The predicted octanol–water partition coefficient (Wildman–Crippen LogP) is 13.8. The van der Waals surface area contributed by atoms with Crippen LogP contribution in [0.25, 0.3) is 109 Å². The van der Waals surface area contributed by atoms with E-state index in [4.69, 9.17) is 4.42 Å². The third-order valence-electron chi connectivity index (χ3n) is 10.6. The summed E-state index contributed by atoms with van der Waals surface area (Å²) in [6.45, 7) is 0. The summed E-state index contributed by atoms with van der Waals surface area (Å²) >= 11 is 0. The smallest absolute Gasteiger partial charge is 0.135 e. The van der Waals surface area contributed by atoms with E-state index in [1.54, 1.807) is 0 Å². The largest absolute Gasteiger partial charge is 0.456 e. The summed E-state index contributed by atoms with van der Waals surface area (Å²) in [7, 11) is 0. The monoisotopic (exact) mass is 620 g/mol. The van der Waals surface area contributed by atoms with E-state index in [0.29, 0.717) is 0 Å². The van der Waals surface area contributed by atoms with Gasteiger partial charge in [0, 0.05) is 10.8 Å². The molecule has 0 fully saturated rings. The van der Waals surface area contributed by atoms with Crippen molar-refractivity contribution in [3.8, 4) is 22.3 Å². The van der Waals surface area contributed by atoms with E-state index in [0.717, 1.165) is 21.9 Å².